The normalized spacial score (nSPS) is 11.6. The van der Waals surface area contributed by atoms with Crippen LogP contribution >= 0.6 is 23.5 Å². The Bertz CT molecular complexity index is 240. The minimum absolute atomic E-state index is 0.321. The van der Waals surface area contributed by atoms with Gasteiger partial charge < -0.3 is 0 Å². The highest BCUT2D eigenvalue weighted by molar-refractivity contribution is 8.17. The molecule has 0 aliphatic carbocycles. The van der Waals surface area contributed by atoms with Crippen molar-refractivity contribution in [1.29, 1.82) is 0 Å². The van der Waals surface area contributed by atoms with Crippen LogP contribution in [-0.4, -0.2) is 16.6 Å². The van der Waals surface area contributed by atoms with E-state index in [4.69, 9.17) is 0 Å². The highest BCUT2D eigenvalue weighted by Crippen LogP contribution is 2.36. The molecule has 0 saturated heterocycles. The van der Waals surface area contributed by atoms with Gasteiger partial charge in [0.1, 0.15) is 0 Å². The molecule has 72 valence electrons. The van der Waals surface area contributed by atoms with Gasteiger partial charge in [0.05, 0.1) is 4.08 Å². The first-order valence-electron chi connectivity index (χ1n) is 4.34. The predicted molar refractivity (Wildman–Crippen MR) is 65.6 cm³/mol. The van der Waals surface area contributed by atoms with Crippen molar-refractivity contribution in [1.82, 2.24) is 0 Å². The molecule has 0 nitrogen and oxygen atoms in total. The quantitative estimate of drug-likeness (QED) is 0.698. The average molecular weight is 212 g/mol. The van der Waals surface area contributed by atoms with E-state index in [1.54, 1.807) is 0 Å². The molecule has 0 saturated carbocycles. The molecule has 0 aromatic heterocycles. The summed E-state index contributed by atoms with van der Waals surface area (Å²) in [6.07, 6.45) is 5.50. The van der Waals surface area contributed by atoms with Gasteiger partial charge in [0.2, 0.25) is 0 Å². The van der Waals surface area contributed by atoms with Crippen molar-refractivity contribution in [3.63, 3.8) is 0 Å². The second-order valence-electron chi connectivity index (χ2n) is 3.20. The Labute approximate surface area is 89.5 Å². The highest BCUT2D eigenvalue weighted by atomic mass is 32.2. The zero-order valence-corrected chi connectivity index (χ0v) is 10.0. The summed E-state index contributed by atoms with van der Waals surface area (Å²) >= 11 is 3.86. The Morgan fingerprint density at radius 1 is 1.08 bits per heavy atom. The Morgan fingerprint density at radius 3 is 2.08 bits per heavy atom. The van der Waals surface area contributed by atoms with E-state index in [0.717, 1.165) is 6.42 Å². The van der Waals surface area contributed by atoms with E-state index >= 15 is 0 Å². The summed E-state index contributed by atoms with van der Waals surface area (Å²) in [4.78, 5) is 0. The lowest BCUT2D eigenvalue weighted by Gasteiger charge is -2.25. The average Bonchev–Trinajstić information content (AvgIpc) is 2.19. The summed E-state index contributed by atoms with van der Waals surface area (Å²) in [5.41, 5.74) is 1.42. The molecule has 0 bridgehead atoms. The largest absolute Gasteiger partial charge is 0.148 e. The van der Waals surface area contributed by atoms with Crippen LogP contribution in [-0.2, 0) is 6.42 Å². The van der Waals surface area contributed by atoms with Gasteiger partial charge in [-0.15, -0.1) is 23.5 Å². The molecule has 0 N–H and O–H groups in total. The zero-order chi connectivity index (χ0) is 9.73. The molecule has 0 aliphatic rings. The minimum atomic E-state index is 0.321. The Balaban J connectivity index is 2.68. The molecule has 0 unspecified atom stereocenters. The van der Waals surface area contributed by atoms with Crippen LogP contribution in [0.4, 0.5) is 0 Å². The predicted octanol–water partition coefficient (Wildman–Crippen LogP) is 3.67. The van der Waals surface area contributed by atoms with E-state index in [0.29, 0.717) is 4.08 Å². The summed E-state index contributed by atoms with van der Waals surface area (Å²) in [6.45, 7) is 2.30. The standard InChI is InChI=1S/C11H16S2/c1-11(12-2,13-3)9-10-7-5-4-6-8-10/h4-8H,9H2,1-3H3. The molecular weight excluding hydrogens is 196 g/mol. The smallest absolute Gasteiger partial charge is 0.0617 e. The first-order valence-corrected chi connectivity index (χ1v) is 6.79. The second-order valence-corrected chi connectivity index (χ2v) is 6.08. The van der Waals surface area contributed by atoms with Crippen molar-refractivity contribution in [2.24, 2.45) is 0 Å². The van der Waals surface area contributed by atoms with Gasteiger partial charge >= 0.3 is 0 Å². The number of hydrogen-bond acceptors (Lipinski definition) is 2. The maximum Gasteiger partial charge on any atom is 0.0617 e. The molecule has 1 aromatic carbocycles. The fourth-order valence-electron chi connectivity index (χ4n) is 1.19. The van der Waals surface area contributed by atoms with E-state index in [2.05, 4.69) is 49.8 Å². The molecule has 2 heteroatoms. The van der Waals surface area contributed by atoms with E-state index in [9.17, 15) is 0 Å². The zero-order valence-electron chi connectivity index (χ0n) is 8.41. The second kappa shape index (κ2) is 4.97. The molecule has 0 amide bonds. The Hall–Kier alpha value is -0.0800. The summed E-state index contributed by atoms with van der Waals surface area (Å²) in [5, 5.41) is 0. The van der Waals surface area contributed by atoms with Gasteiger partial charge in [-0.25, -0.2) is 0 Å². The van der Waals surface area contributed by atoms with Crippen LogP contribution in [0.2, 0.25) is 0 Å². The molecular formula is C11H16S2. The molecule has 0 heterocycles. The highest BCUT2D eigenvalue weighted by Gasteiger charge is 2.21. The molecule has 0 atom stereocenters. The van der Waals surface area contributed by atoms with Crippen LogP contribution in [0.5, 0.6) is 0 Å². The van der Waals surface area contributed by atoms with Gasteiger partial charge in [-0.1, -0.05) is 30.3 Å². The number of hydrogen-bond donors (Lipinski definition) is 0. The summed E-state index contributed by atoms with van der Waals surface area (Å²) in [6, 6.07) is 10.7. The Kier molecular flexibility index (Phi) is 4.20. The van der Waals surface area contributed by atoms with Crippen LogP contribution in [0, 0.1) is 0 Å². The van der Waals surface area contributed by atoms with Gasteiger partial charge in [0, 0.05) is 0 Å². The fourth-order valence-corrected chi connectivity index (χ4v) is 2.48. The van der Waals surface area contributed by atoms with Crippen LogP contribution < -0.4 is 0 Å². The molecule has 1 rings (SSSR count). The van der Waals surface area contributed by atoms with Crippen molar-refractivity contribution in [2.75, 3.05) is 12.5 Å². The molecule has 0 spiro atoms. The lowest BCUT2D eigenvalue weighted by molar-refractivity contribution is 0.885. The van der Waals surface area contributed by atoms with E-state index < -0.39 is 0 Å². The fraction of sp³-hybridized carbons (Fsp3) is 0.455. The molecule has 0 aliphatic heterocycles. The van der Waals surface area contributed by atoms with Gasteiger partial charge in [0.25, 0.3) is 0 Å². The van der Waals surface area contributed by atoms with Crippen molar-refractivity contribution in [3.8, 4) is 0 Å². The van der Waals surface area contributed by atoms with Crippen molar-refractivity contribution >= 4 is 23.5 Å². The number of benzene rings is 1. The molecule has 0 fully saturated rings. The topological polar surface area (TPSA) is 0 Å². The minimum Gasteiger partial charge on any atom is -0.148 e. The van der Waals surface area contributed by atoms with Crippen molar-refractivity contribution in [2.45, 2.75) is 17.4 Å². The lowest BCUT2D eigenvalue weighted by atomic mass is 10.1. The number of thioether (sulfide) groups is 2. The first kappa shape index (κ1) is 11.0. The van der Waals surface area contributed by atoms with Gasteiger partial charge in [0.15, 0.2) is 0 Å². The van der Waals surface area contributed by atoms with Gasteiger partial charge in [-0.3, -0.25) is 0 Å². The molecule has 13 heavy (non-hydrogen) atoms. The van der Waals surface area contributed by atoms with Crippen LogP contribution in [0.3, 0.4) is 0 Å². The van der Waals surface area contributed by atoms with Crippen molar-refractivity contribution < 1.29 is 0 Å². The molecule has 0 radical (unpaired) electrons. The molecule has 1 aromatic rings. The number of rotatable bonds is 4. The first-order chi connectivity index (χ1) is 6.20. The SMILES string of the molecule is CSC(C)(Cc1ccccc1)SC. The van der Waals surface area contributed by atoms with E-state index in [1.165, 1.54) is 5.56 Å². The maximum atomic E-state index is 2.30. The summed E-state index contributed by atoms with van der Waals surface area (Å²) in [5.74, 6) is 0. The van der Waals surface area contributed by atoms with E-state index in [-0.39, 0.29) is 0 Å². The third-order valence-corrected chi connectivity index (χ3v) is 5.25. The van der Waals surface area contributed by atoms with Crippen LogP contribution in [0.1, 0.15) is 12.5 Å². The third-order valence-electron chi connectivity index (χ3n) is 2.23. The summed E-state index contributed by atoms with van der Waals surface area (Å²) < 4.78 is 0.321. The van der Waals surface area contributed by atoms with Crippen LogP contribution in [0.25, 0.3) is 0 Å². The van der Waals surface area contributed by atoms with Crippen LogP contribution in [0.15, 0.2) is 30.3 Å². The third kappa shape index (κ3) is 3.28. The van der Waals surface area contributed by atoms with Crippen molar-refractivity contribution in [3.05, 3.63) is 35.9 Å². The Morgan fingerprint density at radius 2 is 1.62 bits per heavy atom. The van der Waals surface area contributed by atoms with E-state index in [1.807, 2.05) is 23.5 Å². The summed E-state index contributed by atoms with van der Waals surface area (Å²) in [7, 11) is 0. The monoisotopic (exact) mass is 212 g/mol. The van der Waals surface area contributed by atoms with Gasteiger partial charge in [-0.05, 0) is 31.4 Å². The van der Waals surface area contributed by atoms with Gasteiger partial charge in [-0.2, -0.15) is 0 Å². The maximum absolute atomic E-state index is 2.30. The lowest BCUT2D eigenvalue weighted by Crippen LogP contribution is -2.17.